The lowest BCUT2D eigenvalue weighted by atomic mass is 10.1. The second-order valence-corrected chi connectivity index (χ2v) is 8.44. The summed E-state index contributed by atoms with van der Waals surface area (Å²) in [5, 5.41) is 8.17. The molecule has 1 fully saturated rings. The van der Waals surface area contributed by atoms with Crippen molar-refractivity contribution in [3.8, 4) is 0 Å². The van der Waals surface area contributed by atoms with Crippen LogP contribution in [-0.4, -0.2) is 28.8 Å². The zero-order valence-electron chi connectivity index (χ0n) is 17.9. The van der Waals surface area contributed by atoms with E-state index in [-0.39, 0.29) is 17.2 Å². The van der Waals surface area contributed by atoms with Crippen LogP contribution >= 0.6 is 0 Å². The number of amides is 1. The highest BCUT2D eigenvalue weighted by atomic mass is 19.1. The van der Waals surface area contributed by atoms with E-state index < -0.39 is 11.7 Å². The Morgan fingerprint density at radius 1 is 1.10 bits per heavy atom. The average molecular weight is 423 g/mol. The van der Waals surface area contributed by atoms with Crippen LogP contribution in [0.3, 0.4) is 0 Å². The zero-order chi connectivity index (χ0) is 22.0. The molecule has 0 aliphatic carbocycles. The second-order valence-electron chi connectivity index (χ2n) is 8.44. The fraction of sp³-hybridized carbons (Fsp3) is 0.375. The van der Waals surface area contributed by atoms with E-state index >= 15 is 0 Å². The lowest BCUT2D eigenvalue weighted by Gasteiger charge is -2.30. The predicted octanol–water partition coefficient (Wildman–Crippen LogP) is 4.43. The van der Waals surface area contributed by atoms with Gasteiger partial charge in [-0.15, -0.1) is 0 Å². The molecule has 31 heavy (non-hydrogen) atoms. The highest BCUT2D eigenvalue weighted by molar-refractivity contribution is 6.12. The number of piperidine rings is 1. The van der Waals surface area contributed by atoms with Crippen LogP contribution < -0.4 is 15.8 Å². The van der Waals surface area contributed by atoms with Gasteiger partial charge in [-0.2, -0.15) is 5.10 Å². The van der Waals surface area contributed by atoms with Crippen molar-refractivity contribution in [1.29, 1.82) is 0 Å². The molecular weight excluding hydrogens is 395 g/mol. The summed E-state index contributed by atoms with van der Waals surface area (Å²) in [6, 6.07) is 11.4. The standard InChI is InChI=1S/C24H27FN4O2/c1-16(2)15-29-24(31)19-9-5-4-8-18(19)22(27-29)23(30)26-20-14-17(25)10-11-21(20)28-12-6-3-7-13-28/h4-5,8-11,14,16H,3,6-7,12-13,15H2,1-2H3,(H,26,30). The van der Waals surface area contributed by atoms with Crippen LogP contribution in [0, 0.1) is 11.7 Å². The van der Waals surface area contributed by atoms with Crippen molar-refractivity contribution in [1.82, 2.24) is 9.78 Å². The van der Waals surface area contributed by atoms with E-state index in [1.807, 2.05) is 13.8 Å². The summed E-state index contributed by atoms with van der Waals surface area (Å²) in [4.78, 5) is 28.3. The van der Waals surface area contributed by atoms with Crippen molar-refractivity contribution < 1.29 is 9.18 Å². The van der Waals surface area contributed by atoms with E-state index in [0.717, 1.165) is 31.6 Å². The molecule has 3 aromatic rings. The first-order valence-corrected chi connectivity index (χ1v) is 10.8. The summed E-state index contributed by atoms with van der Waals surface area (Å²) >= 11 is 0. The molecule has 1 aliphatic heterocycles. The number of anilines is 2. The summed E-state index contributed by atoms with van der Waals surface area (Å²) in [6.45, 7) is 6.12. The van der Waals surface area contributed by atoms with E-state index in [9.17, 15) is 14.0 Å². The van der Waals surface area contributed by atoms with Gasteiger partial charge in [0.05, 0.1) is 16.8 Å². The first-order chi connectivity index (χ1) is 14.9. The summed E-state index contributed by atoms with van der Waals surface area (Å²) in [6.07, 6.45) is 3.31. The molecule has 1 amide bonds. The van der Waals surface area contributed by atoms with Gasteiger partial charge in [-0.1, -0.05) is 32.0 Å². The first kappa shape index (κ1) is 21.0. The quantitative estimate of drug-likeness (QED) is 0.660. The second kappa shape index (κ2) is 8.88. The number of rotatable bonds is 5. The van der Waals surface area contributed by atoms with Crippen molar-refractivity contribution >= 4 is 28.1 Å². The van der Waals surface area contributed by atoms with Gasteiger partial charge in [0.1, 0.15) is 5.82 Å². The molecule has 6 nitrogen and oxygen atoms in total. The fourth-order valence-corrected chi connectivity index (χ4v) is 4.07. The third-order valence-corrected chi connectivity index (χ3v) is 5.52. The van der Waals surface area contributed by atoms with E-state index in [4.69, 9.17) is 0 Å². The molecule has 1 N–H and O–H groups in total. The van der Waals surface area contributed by atoms with Gasteiger partial charge >= 0.3 is 0 Å². The van der Waals surface area contributed by atoms with Gasteiger partial charge in [-0.25, -0.2) is 9.07 Å². The summed E-state index contributed by atoms with van der Waals surface area (Å²) in [5.41, 5.74) is 1.15. The van der Waals surface area contributed by atoms with Crippen LogP contribution in [0.4, 0.5) is 15.8 Å². The molecule has 0 radical (unpaired) electrons. The number of hydrogen-bond donors (Lipinski definition) is 1. The number of carbonyl (C=O) groups excluding carboxylic acids is 1. The van der Waals surface area contributed by atoms with Crippen molar-refractivity contribution in [2.75, 3.05) is 23.3 Å². The monoisotopic (exact) mass is 422 g/mol. The van der Waals surface area contributed by atoms with E-state index in [1.165, 1.54) is 23.2 Å². The Morgan fingerprint density at radius 3 is 2.52 bits per heavy atom. The molecule has 1 aromatic heterocycles. The number of fused-ring (bicyclic) bond motifs is 1. The Bertz CT molecular complexity index is 1170. The predicted molar refractivity (Wildman–Crippen MR) is 121 cm³/mol. The maximum atomic E-state index is 14.0. The molecule has 0 saturated carbocycles. The van der Waals surface area contributed by atoms with Gasteiger partial charge in [0.2, 0.25) is 0 Å². The summed E-state index contributed by atoms with van der Waals surface area (Å²) in [7, 11) is 0. The third kappa shape index (κ3) is 4.45. The van der Waals surface area contributed by atoms with Crippen LogP contribution in [-0.2, 0) is 6.54 Å². The van der Waals surface area contributed by atoms with Gasteiger partial charge in [0, 0.05) is 25.0 Å². The number of nitrogens with one attached hydrogen (secondary N) is 1. The van der Waals surface area contributed by atoms with Crippen LogP contribution in [0.15, 0.2) is 47.3 Å². The van der Waals surface area contributed by atoms with Gasteiger partial charge in [0.15, 0.2) is 5.69 Å². The SMILES string of the molecule is CC(C)Cn1nc(C(=O)Nc2cc(F)ccc2N2CCCCC2)c2ccccc2c1=O. The zero-order valence-corrected chi connectivity index (χ0v) is 17.9. The Hall–Kier alpha value is -3.22. The smallest absolute Gasteiger partial charge is 0.276 e. The molecule has 2 aromatic carbocycles. The Kier molecular flexibility index (Phi) is 6.02. The van der Waals surface area contributed by atoms with Gasteiger partial charge in [0.25, 0.3) is 11.5 Å². The first-order valence-electron chi connectivity index (χ1n) is 10.8. The van der Waals surface area contributed by atoms with Crippen LogP contribution in [0.2, 0.25) is 0 Å². The highest BCUT2D eigenvalue weighted by Gasteiger charge is 2.21. The summed E-state index contributed by atoms with van der Waals surface area (Å²) < 4.78 is 15.4. The Morgan fingerprint density at radius 2 is 1.81 bits per heavy atom. The Labute approximate surface area is 180 Å². The van der Waals surface area contributed by atoms with E-state index in [1.54, 1.807) is 30.3 Å². The lowest BCUT2D eigenvalue weighted by molar-refractivity contribution is 0.102. The normalized spacial score (nSPS) is 14.3. The van der Waals surface area contributed by atoms with Gasteiger partial charge in [-0.3, -0.25) is 9.59 Å². The number of nitrogens with zero attached hydrogens (tertiary/aromatic N) is 3. The minimum absolute atomic E-state index is 0.157. The number of aromatic nitrogens is 2. The summed E-state index contributed by atoms with van der Waals surface area (Å²) in [5.74, 6) is -0.688. The maximum absolute atomic E-state index is 14.0. The molecule has 0 bridgehead atoms. The van der Waals surface area contributed by atoms with Crippen molar-refractivity contribution in [2.24, 2.45) is 5.92 Å². The number of halogens is 1. The molecule has 0 atom stereocenters. The molecule has 1 saturated heterocycles. The molecule has 0 unspecified atom stereocenters. The van der Waals surface area contributed by atoms with Crippen LogP contribution in [0.25, 0.3) is 10.8 Å². The van der Waals surface area contributed by atoms with Gasteiger partial charge < -0.3 is 10.2 Å². The number of carbonyl (C=O) groups is 1. The van der Waals surface area contributed by atoms with Gasteiger partial charge in [-0.05, 0) is 49.4 Å². The Balaban J connectivity index is 1.75. The number of hydrogen-bond acceptors (Lipinski definition) is 4. The van der Waals surface area contributed by atoms with E-state index in [0.29, 0.717) is 23.0 Å². The van der Waals surface area contributed by atoms with Crippen molar-refractivity contribution in [3.63, 3.8) is 0 Å². The van der Waals surface area contributed by atoms with Crippen molar-refractivity contribution in [2.45, 2.75) is 39.7 Å². The topological polar surface area (TPSA) is 67.2 Å². The van der Waals surface area contributed by atoms with Crippen LogP contribution in [0.5, 0.6) is 0 Å². The molecule has 1 aliphatic rings. The maximum Gasteiger partial charge on any atom is 0.276 e. The molecule has 2 heterocycles. The molecule has 162 valence electrons. The third-order valence-electron chi connectivity index (χ3n) is 5.52. The lowest BCUT2D eigenvalue weighted by Crippen LogP contribution is -2.31. The van der Waals surface area contributed by atoms with Crippen LogP contribution in [0.1, 0.15) is 43.6 Å². The van der Waals surface area contributed by atoms with E-state index in [2.05, 4.69) is 15.3 Å². The molecule has 7 heteroatoms. The number of benzene rings is 2. The minimum Gasteiger partial charge on any atom is -0.370 e. The average Bonchev–Trinajstić information content (AvgIpc) is 2.76. The molecular formula is C24H27FN4O2. The van der Waals surface area contributed by atoms with Crippen molar-refractivity contribution in [3.05, 3.63) is 64.3 Å². The largest absolute Gasteiger partial charge is 0.370 e. The fourth-order valence-electron chi connectivity index (χ4n) is 4.07. The molecule has 0 spiro atoms. The minimum atomic E-state index is -0.461. The highest BCUT2D eigenvalue weighted by Crippen LogP contribution is 2.30. The molecule has 4 rings (SSSR count).